The minimum atomic E-state index is -0.444. The Kier molecular flexibility index (Phi) is 4.57. The summed E-state index contributed by atoms with van der Waals surface area (Å²) in [6.45, 7) is 11.2. The smallest absolute Gasteiger partial charge is 0.125 e. The number of hydrogen-bond acceptors (Lipinski definition) is 4. The van der Waals surface area contributed by atoms with E-state index in [0.29, 0.717) is 12.0 Å². The SMILES string of the molecule is CCOC1(c2nc(C)c(C(C)O)s2)CCC(C)(C)CC1. The van der Waals surface area contributed by atoms with Gasteiger partial charge in [-0.1, -0.05) is 13.8 Å². The zero-order chi connectivity index (χ0) is 15.0. The van der Waals surface area contributed by atoms with E-state index in [-0.39, 0.29) is 5.60 Å². The summed E-state index contributed by atoms with van der Waals surface area (Å²) in [5.74, 6) is 0. The van der Waals surface area contributed by atoms with E-state index < -0.39 is 6.10 Å². The van der Waals surface area contributed by atoms with Gasteiger partial charge in [-0.3, -0.25) is 0 Å². The molecule has 1 saturated carbocycles. The zero-order valence-corrected chi connectivity index (χ0v) is 14.1. The summed E-state index contributed by atoms with van der Waals surface area (Å²) < 4.78 is 6.16. The predicted molar refractivity (Wildman–Crippen MR) is 83.0 cm³/mol. The third kappa shape index (κ3) is 3.07. The van der Waals surface area contributed by atoms with Gasteiger partial charge in [0.05, 0.1) is 16.7 Å². The molecule has 3 nitrogen and oxygen atoms in total. The van der Waals surface area contributed by atoms with Gasteiger partial charge >= 0.3 is 0 Å². The third-order valence-electron chi connectivity index (χ3n) is 4.43. The Labute approximate surface area is 126 Å². The molecule has 1 aromatic rings. The van der Waals surface area contributed by atoms with Crippen LogP contribution < -0.4 is 0 Å². The molecular weight excluding hydrogens is 270 g/mol. The molecule has 1 fully saturated rings. The highest BCUT2D eigenvalue weighted by molar-refractivity contribution is 7.12. The van der Waals surface area contributed by atoms with Crippen LogP contribution in [0.15, 0.2) is 0 Å². The van der Waals surface area contributed by atoms with Crippen molar-refractivity contribution < 1.29 is 9.84 Å². The van der Waals surface area contributed by atoms with Crippen LogP contribution in [0.25, 0.3) is 0 Å². The molecule has 0 bridgehead atoms. The quantitative estimate of drug-likeness (QED) is 0.899. The zero-order valence-electron chi connectivity index (χ0n) is 13.3. The normalized spacial score (nSPS) is 22.7. The average Bonchev–Trinajstić information content (AvgIpc) is 2.75. The van der Waals surface area contributed by atoms with Crippen molar-refractivity contribution in [1.29, 1.82) is 0 Å². The van der Waals surface area contributed by atoms with Gasteiger partial charge in [-0.2, -0.15) is 0 Å². The molecule has 0 amide bonds. The fraction of sp³-hybridized carbons (Fsp3) is 0.812. The Morgan fingerprint density at radius 3 is 2.35 bits per heavy atom. The summed E-state index contributed by atoms with van der Waals surface area (Å²) in [5.41, 5.74) is 1.12. The maximum atomic E-state index is 9.84. The molecule has 114 valence electrons. The van der Waals surface area contributed by atoms with Crippen molar-refractivity contribution in [3.05, 3.63) is 15.6 Å². The number of aliphatic hydroxyl groups is 1. The van der Waals surface area contributed by atoms with E-state index in [1.165, 1.54) is 0 Å². The summed E-state index contributed by atoms with van der Waals surface area (Å²) >= 11 is 1.63. The van der Waals surface area contributed by atoms with Gasteiger partial charge in [-0.25, -0.2) is 4.98 Å². The molecule has 4 heteroatoms. The summed E-state index contributed by atoms with van der Waals surface area (Å²) in [6, 6.07) is 0. The van der Waals surface area contributed by atoms with Gasteiger partial charge in [0, 0.05) is 6.61 Å². The molecule has 1 aliphatic carbocycles. The second kappa shape index (κ2) is 5.74. The van der Waals surface area contributed by atoms with E-state index in [0.717, 1.165) is 41.3 Å². The summed E-state index contributed by atoms with van der Waals surface area (Å²) in [4.78, 5) is 5.70. The maximum absolute atomic E-state index is 9.84. The number of thiazole rings is 1. The number of aryl methyl sites for hydroxylation is 1. The van der Waals surface area contributed by atoms with Crippen molar-refractivity contribution in [1.82, 2.24) is 4.98 Å². The standard InChI is InChI=1S/C16H27NO2S/c1-6-19-16(9-7-15(4,5)8-10-16)14-17-11(2)13(20-14)12(3)18/h12,18H,6-10H2,1-5H3. The van der Waals surface area contributed by atoms with Crippen LogP contribution in [-0.2, 0) is 10.3 Å². The van der Waals surface area contributed by atoms with Crippen LogP contribution in [-0.4, -0.2) is 16.7 Å². The van der Waals surface area contributed by atoms with Crippen LogP contribution in [0.4, 0.5) is 0 Å². The van der Waals surface area contributed by atoms with Crippen molar-refractivity contribution in [3.8, 4) is 0 Å². The topological polar surface area (TPSA) is 42.4 Å². The van der Waals surface area contributed by atoms with Gasteiger partial charge in [-0.15, -0.1) is 11.3 Å². The first-order valence-corrected chi connectivity index (χ1v) is 8.41. The molecule has 2 rings (SSSR count). The number of aromatic nitrogens is 1. The highest BCUT2D eigenvalue weighted by Gasteiger charge is 2.42. The van der Waals surface area contributed by atoms with Crippen molar-refractivity contribution in [2.45, 2.75) is 72.0 Å². The first kappa shape index (κ1) is 15.9. The molecule has 1 heterocycles. The Hall–Kier alpha value is -0.450. The fourth-order valence-corrected chi connectivity index (χ4v) is 4.22. The molecule has 1 unspecified atom stereocenters. The van der Waals surface area contributed by atoms with Crippen molar-refractivity contribution in [3.63, 3.8) is 0 Å². The molecule has 0 aliphatic heterocycles. The van der Waals surface area contributed by atoms with Crippen molar-refractivity contribution in [2.24, 2.45) is 5.41 Å². The molecule has 1 aromatic heterocycles. The molecular formula is C16H27NO2S. The van der Waals surface area contributed by atoms with E-state index in [4.69, 9.17) is 9.72 Å². The van der Waals surface area contributed by atoms with Crippen LogP contribution >= 0.6 is 11.3 Å². The van der Waals surface area contributed by atoms with Crippen LogP contribution in [0, 0.1) is 12.3 Å². The molecule has 1 aliphatic rings. The third-order valence-corrected chi connectivity index (χ3v) is 5.95. The second-order valence-electron chi connectivity index (χ2n) is 6.74. The largest absolute Gasteiger partial charge is 0.388 e. The second-order valence-corrected chi connectivity index (χ2v) is 7.77. The lowest BCUT2D eigenvalue weighted by atomic mass is 9.71. The molecule has 20 heavy (non-hydrogen) atoms. The van der Waals surface area contributed by atoms with Crippen LogP contribution in [0.1, 0.15) is 75.1 Å². The van der Waals surface area contributed by atoms with E-state index in [1.807, 2.05) is 13.8 Å². The lowest BCUT2D eigenvalue weighted by Crippen LogP contribution is -2.37. The molecule has 0 radical (unpaired) electrons. The molecule has 0 saturated heterocycles. The summed E-state index contributed by atoms with van der Waals surface area (Å²) in [5, 5.41) is 10.9. The Balaban J connectivity index is 2.32. The van der Waals surface area contributed by atoms with E-state index >= 15 is 0 Å². The Morgan fingerprint density at radius 2 is 1.90 bits per heavy atom. The highest BCUT2D eigenvalue weighted by Crippen LogP contribution is 2.49. The van der Waals surface area contributed by atoms with Crippen LogP contribution in [0.2, 0.25) is 0 Å². The van der Waals surface area contributed by atoms with Gasteiger partial charge in [0.2, 0.25) is 0 Å². The Bertz CT molecular complexity index is 455. The minimum absolute atomic E-state index is 0.229. The predicted octanol–water partition coefficient (Wildman–Crippen LogP) is 4.34. The lowest BCUT2D eigenvalue weighted by Gasteiger charge is -2.42. The number of ether oxygens (including phenoxy) is 1. The molecule has 1 N–H and O–H groups in total. The number of aliphatic hydroxyl groups excluding tert-OH is 1. The minimum Gasteiger partial charge on any atom is -0.388 e. The molecule has 1 atom stereocenters. The van der Waals surface area contributed by atoms with Gasteiger partial charge in [0.1, 0.15) is 10.6 Å². The van der Waals surface area contributed by atoms with Crippen LogP contribution in [0.5, 0.6) is 0 Å². The van der Waals surface area contributed by atoms with Gasteiger partial charge in [0.25, 0.3) is 0 Å². The first-order chi connectivity index (χ1) is 9.30. The molecule has 0 aromatic carbocycles. The van der Waals surface area contributed by atoms with E-state index in [1.54, 1.807) is 11.3 Å². The monoisotopic (exact) mass is 297 g/mol. The van der Waals surface area contributed by atoms with Crippen LogP contribution in [0.3, 0.4) is 0 Å². The van der Waals surface area contributed by atoms with Gasteiger partial charge in [-0.05, 0) is 51.9 Å². The van der Waals surface area contributed by atoms with Crippen molar-refractivity contribution in [2.75, 3.05) is 6.61 Å². The summed E-state index contributed by atoms with van der Waals surface area (Å²) in [6.07, 6.45) is 3.94. The first-order valence-electron chi connectivity index (χ1n) is 7.59. The Morgan fingerprint density at radius 1 is 1.30 bits per heavy atom. The summed E-state index contributed by atoms with van der Waals surface area (Å²) in [7, 11) is 0. The number of hydrogen-bond donors (Lipinski definition) is 1. The maximum Gasteiger partial charge on any atom is 0.125 e. The van der Waals surface area contributed by atoms with Gasteiger partial charge in [0.15, 0.2) is 0 Å². The number of nitrogens with zero attached hydrogens (tertiary/aromatic N) is 1. The van der Waals surface area contributed by atoms with E-state index in [9.17, 15) is 5.11 Å². The lowest BCUT2D eigenvalue weighted by molar-refractivity contribution is -0.0890. The van der Waals surface area contributed by atoms with E-state index in [2.05, 4.69) is 20.8 Å². The number of rotatable bonds is 4. The van der Waals surface area contributed by atoms with Gasteiger partial charge < -0.3 is 9.84 Å². The fourth-order valence-electron chi connectivity index (χ4n) is 3.02. The average molecular weight is 297 g/mol. The highest BCUT2D eigenvalue weighted by atomic mass is 32.1. The molecule has 0 spiro atoms. The van der Waals surface area contributed by atoms with Crippen molar-refractivity contribution >= 4 is 11.3 Å².